The summed E-state index contributed by atoms with van der Waals surface area (Å²) in [6.45, 7) is 7.77. The van der Waals surface area contributed by atoms with Gasteiger partial charge in [0, 0.05) is 5.69 Å². The Kier molecular flexibility index (Phi) is 4.29. The van der Waals surface area contributed by atoms with Crippen molar-refractivity contribution >= 4 is 23.6 Å². The summed E-state index contributed by atoms with van der Waals surface area (Å²) < 4.78 is 0.443. The van der Waals surface area contributed by atoms with E-state index in [1.807, 2.05) is 45.9 Å². The largest absolute Gasteiger partial charge is 0.347 e. The average molecular weight is 296 g/mol. The minimum Gasteiger partial charge on any atom is -0.347 e. The van der Waals surface area contributed by atoms with Gasteiger partial charge in [0.25, 0.3) is 0 Å². The molecule has 21 heavy (non-hydrogen) atoms. The molecule has 0 atom stereocenters. The minimum absolute atomic E-state index is 0.443. The van der Waals surface area contributed by atoms with Gasteiger partial charge in [-0.05, 0) is 50.5 Å². The molecular weight excluding hydrogens is 280 g/mol. The molecule has 0 unspecified atom stereocenters. The van der Waals surface area contributed by atoms with Crippen LogP contribution in [0.4, 0.5) is 11.4 Å². The molecule has 106 valence electrons. The van der Waals surface area contributed by atoms with Crippen molar-refractivity contribution in [3.63, 3.8) is 0 Å². The van der Waals surface area contributed by atoms with E-state index in [-0.39, 0.29) is 0 Å². The van der Waals surface area contributed by atoms with Crippen molar-refractivity contribution < 1.29 is 0 Å². The summed E-state index contributed by atoms with van der Waals surface area (Å²) in [6, 6.07) is 8.03. The molecule has 0 fully saturated rings. The number of rotatable bonds is 2. The lowest BCUT2D eigenvalue weighted by Gasteiger charge is -2.07. The highest BCUT2D eigenvalue weighted by Crippen LogP contribution is 2.29. The molecule has 2 aromatic rings. The number of nitriles is 1. The van der Waals surface area contributed by atoms with Crippen LogP contribution in [0.2, 0.25) is 0 Å². The second-order valence-corrected chi connectivity index (χ2v) is 5.37. The normalized spacial score (nSPS) is 10.8. The lowest BCUT2D eigenvalue weighted by Crippen LogP contribution is -1.92. The number of nitrogens with zero attached hydrogens (tertiary/aromatic N) is 3. The van der Waals surface area contributed by atoms with Crippen LogP contribution in [0.25, 0.3) is 0 Å². The molecule has 2 rings (SSSR count). The van der Waals surface area contributed by atoms with Crippen molar-refractivity contribution in [1.82, 2.24) is 4.98 Å². The fraction of sp³-hybridized carbons (Fsp3) is 0.250. The third-order valence-corrected chi connectivity index (χ3v) is 3.87. The molecule has 0 saturated carbocycles. The van der Waals surface area contributed by atoms with Gasteiger partial charge in [0.1, 0.15) is 16.4 Å². The summed E-state index contributed by atoms with van der Waals surface area (Å²) in [5.74, 6) is 0. The van der Waals surface area contributed by atoms with E-state index in [1.165, 1.54) is 5.56 Å². The third-order valence-electron chi connectivity index (χ3n) is 3.56. The smallest absolute Gasteiger partial charge is 0.121 e. The Balaban J connectivity index is 2.55. The van der Waals surface area contributed by atoms with Crippen molar-refractivity contribution in [2.45, 2.75) is 27.7 Å². The van der Waals surface area contributed by atoms with Crippen LogP contribution in [-0.4, -0.2) is 4.98 Å². The number of aromatic amines is 1. The van der Waals surface area contributed by atoms with E-state index in [1.54, 1.807) is 0 Å². The summed E-state index contributed by atoms with van der Waals surface area (Å²) >= 11 is 5.15. The first-order valence-corrected chi connectivity index (χ1v) is 6.98. The molecule has 4 nitrogen and oxygen atoms in total. The first kappa shape index (κ1) is 15.1. The summed E-state index contributed by atoms with van der Waals surface area (Å²) in [5, 5.41) is 17.8. The van der Waals surface area contributed by atoms with Gasteiger partial charge in [-0.15, -0.1) is 5.11 Å². The molecule has 5 heteroatoms. The standard InChI is InChI=1S/C16H16N4S/c1-9-6-5-7-14(10(9)2)19-20-15-11(3)13(8-17)16(21)18-12(15)4/h5-7H,1-4H3,(H,18,21). The highest BCUT2D eigenvalue weighted by Gasteiger charge is 2.10. The molecule has 0 aliphatic heterocycles. The fourth-order valence-corrected chi connectivity index (χ4v) is 2.45. The van der Waals surface area contributed by atoms with Crippen LogP contribution in [0, 0.1) is 43.7 Å². The molecule has 0 bridgehead atoms. The molecule has 1 N–H and O–H groups in total. The molecule has 1 aromatic carbocycles. The zero-order chi connectivity index (χ0) is 15.6. The zero-order valence-corrected chi connectivity index (χ0v) is 13.3. The van der Waals surface area contributed by atoms with Gasteiger partial charge in [-0.3, -0.25) is 0 Å². The molecule has 0 spiro atoms. The van der Waals surface area contributed by atoms with Gasteiger partial charge in [0.15, 0.2) is 0 Å². The summed E-state index contributed by atoms with van der Waals surface area (Å²) in [7, 11) is 0. The fourth-order valence-electron chi connectivity index (χ4n) is 2.09. The third kappa shape index (κ3) is 2.91. The van der Waals surface area contributed by atoms with Crippen LogP contribution < -0.4 is 0 Å². The number of azo groups is 1. The van der Waals surface area contributed by atoms with Crippen LogP contribution in [0.15, 0.2) is 28.4 Å². The van der Waals surface area contributed by atoms with Crippen molar-refractivity contribution in [3.8, 4) is 6.07 Å². The maximum atomic E-state index is 9.17. The van der Waals surface area contributed by atoms with Crippen molar-refractivity contribution in [1.29, 1.82) is 5.26 Å². The lowest BCUT2D eigenvalue weighted by molar-refractivity contribution is 1.09. The van der Waals surface area contributed by atoms with E-state index < -0.39 is 0 Å². The molecule has 0 saturated heterocycles. The zero-order valence-electron chi connectivity index (χ0n) is 12.5. The highest BCUT2D eigenvalue weighted by atomic mass is 32.1. The predicted octanol–water partition coefficient (Wildman–Crippen LogP) is 5.26. The Labute approximate surface area is 129 Å². The topological polar surface area (TPSA) is 64.3 Å². The van der Waals surface area contributed by atoms with E-state index in [9.17, 15) is 5.26 Å². The van der Waals surface area contributed by atoms with Gasteiger partial charge in [-0.1, -0.05) is 24.4 Å². The number of pyridine rings is 1. The average Bonchev–Trinajstić information content (AvgIpc) is 2.43. The first-order valence-electron chi connectivity index (χ1n) is 6.57. The highest BCUT2D eigenvalue weighted by molar-refractivity contribution is 7.71. The first-order chi connectivity index (χ1) is 9.95. The number of H-pyrrole nitrogens is 1. The second-order valence-electron chi connectivity index (χ2n) is 4.96. The van der Waals surface area contributed by atoms with Crippen molar-refractivity contribution in [2.75, 3.05) is 0 Å². The molecule has 0 amide bonds. The molecule has 1 heterocycles. The Hall–Kier alpha value is -2.32. The Morgan fingerprint density at radius 3 is 2.48 bits per heavy atom. The van der Waals surface area contributed by atoms with E-state index in [4.69, 9.17) is 12.2 Å². The quantitative estimate of drug-likeness (QED) is 0.606. The maximum absolute atomic E-state index is 9.17. The van der Waals surface area contributed by atoms with Gasteiger partial charge in [-0.25, -0.2) is 0 Å². The predicted molar refractivity (Wildman–Crippen MR) is 85.9 cm³/mol. The summed E-state index contributed by atoms with van der Waals surface area (Å²) in [6.07, 6.45) is 0. The number of hydrogen-bond acceptors (Lipinski definition) is 4. The molecule has 0 radical (unpaired) electrons. The summed E-state index contributed by atoms with van der Waals surface area (Å²) in [5.41, 5.74) is 5.78. The molecule has 0 aliphatic carbocycles. The van der Waals surface area contributed by atoms with Gasteiger partial charge < -0.3 is 4.98 Å². The minimum atomic E-state index is 0.443. The maximum Gasteiger partial charge on any atom is 0.121 e. The van der Waals surface area contributed by atoms with Crippen LogP contribution in [0.3, 0.4) is 0 Å². The van der Waals surface area contributed by atoms with Crippen LogP contribution in [-0.2, 0) is 0 Å². The van der Waals surface area contributed by atoms with Crippen molar-refractivity contribution in [3.05, 3.63) is 50.8 Å². The monoisotopic (exact) mass is 296 g/mol. The molecule has 1 aromatic heterocycles. The van der Waals surface area contributed by atoms with Gasteiger partial charge >= 0.3 is 0 Å². The molecule has 0 aliphatic rings. The number of aromatic nitrogens is 1. The SMILES string of the molecule is Cc1cccc(N=Nc2c(C)[nH]c(=S)c(C#N)c2C)c1C. The van der Waals surface area contributed by atoms with Crippen LogP contribution >= 0.6 is 12.2 Å². The Morgan fingerprint density at radius 2 is 1.81 bits per heavy atom. The van der Waals surface area contributed by atoms with Gasteiger partial charge in [0.05, 0.1) is 11.3 Å². The lowest BCUT2D eigenvalue weighted by atomic mass is 10.1. The van der Waals surface area contributed by atoms with Crippen LogP contribution in [0.1, 0.15) is 27.9 Å². The number of hydrogen-bond donors (Lipinski definition) is 1. The van der Waals surface area contributed by atoms with Gasteiger partial charge in [-0.2, -0.15) is 10.4 Å². The van der Waals surface area contributed by atoms with E-state index in [0.29, 0.717) is 15.9 Å². The Morgan fingerprint density at radius 1 is 1.10 bits per heavy atom. The van der Waals surface area contributed by atoms with Gasteiger partial charge in [0.2, 0.25) is 0 Å². The van der Waals surface area contributed by atoms with Crippen LogP contribution in [0.5, 0.6) is 0 Å². The Bertz CT molecular complexity index is 825. The van der Waals surface area contributed by atoms with E-state index in [0.717, 1.165) is 22.5 Å². The van der Waals surface area contributed by atoms with E-state index in [2.05, 4.69) is 21.3 Å². The van der Waals surface area contributed by atoms with Crippen molar-refractivity contribution in [2.24, 2.45) is 10.2 Å². The number of nitrogens with one attached hydrogen (secondary N) is 1. The van der Waals surface area contributed by atoms with E-state index >= 15 is 0 Å². The summed E-state index contributed by atoms with van der Waals surface area (Å²) in [4.78, 5) is 3.00. The number of benzene rings is 1. The number of aryl methyl sites for hydroxylation is 2. The molecular formula is C16H16N4S. The second kappa shape index (κ2) is 5.98.